The van der Waals surface area contributed by atoms with E-state index in [-0.39, 0.29) is 40.3 Å². The van der Waals surface area contributed by atoms with Crippen LogP contribution in [0.3, 0.4) is 0 Å². The molecule has 50 heavy (non-hydrogen) atoms. The van der Waals surface area contributed by atoms with Crippen LogP contribution in [0.1, 0.15) is 11.8 Å². The van der Waals surface area contributed by atoms with Gasteiger partial charge in [0, 0.05) is 35.8 Å². The molecule has 0 bridgehead atoms. The number of ether oxygens (including phenoxy) is 2. The molecule has 266 valence electrons. The fourth-order valence-corrected chi connectivity index (χ4v) is 6.59. The van der Waals surface area contributed by atoms with Crippen LogP contribution in [0.15, 0.2) is 77.7 Å². The monoisotopic (exact) mass is 787 g/mol. The van der Waals surface area contributed by atoms with Crippen LogP contribution < -0.4 is 21.2 Å². The first kappa shape index (κ1) is 37.0. The summed E-state index contributed by atoms with van der Waals surface area (Å²) in [7, 11) is -4.35. The van der Waals surface area contributed by atoms with E-state index in [4.69, 9.17) is 24.3 Å². The van der Waals surface area contributed by atoms with Gasteiger partial charge in [-0.05, 0) is 53.6 Å². The van der Waals surface area contributed by atoms with Crippen molar-refractivity contribution in [1.82, 2.24) is 14.6 Å². The first-order valence-corrected chi connectivity index (χ1v) is 17.1. The van der Waals surface area contributed by atoms with Crippen molar-refractivity contribution in [3.63, 3.8) is 0 Å². The molecule has 4 unspecified atom stereocenters. The number of nitrogens with one attached hydrogen (secondary N) is 1. The normalized spacial score (nSPS) is 19.6. The van der Waals surface area contributed by atoms with Gasteiger partial charge in [0.1, 0.15) is 29.3 Å². The number of aliphatic hydroxyl groups excluding tert-OH is 1. The third-order valence-electron chi connectivity index (χ3n) is 7.24. The number of benzene rings is 3. The lowest BCUT2D eigenvalue weighted by Gasteiger charge is -2.22. The molecule has 4 aromatic rings. The summed E-state index contributed by atoms with van der Waals surface area (Å²) in [6.45, 7) is -1.39. The van der Waals surface area contributed by atoms with E-state index in [1.807, 2.05) is 0 Å². The number of anilines is 1. The zero-order valence-electron chi connectivity index (χ0n) is 25.5. The molecule has 14 nitrogen and oxygen atoms in total. The van der Waals surface area contributed by atoms with Gasteiger partial charge in [-0.2, -0.15) is 13.8 Å². The Balaban J connectivity index is 1.30. The molecule has 1 aliphatic rings. The molecule has 0 aliphatic carbocycles. The quantitative estimate of drug-likeness (QED) is 0.0466. The Bertz CT molecular complexity index is 1970. The number of rotatable bonds is 14. The number of halogens is 5. The summed E-state index contributed by atoms with van der Waals surface area (Å²) in [4.78, 5) is 26.5. The second-order valence-corrected chi connectivity index (χ2v) is 13.3. The third-order valence-corrected chi connectivity index (χ3v) is 9.20. The maximum absolute atomic E-state index is 15.0. The van der Waals surface area contributed by atoms with Crippen LogP contribution in [0, 0.1) is 21.7 Å². The van der Waals surface area contributed by atoms with E-state index in [1.165, 1.54) is 48.5 Å². The van der Waals surface area contributed by atoms with E-state index >= 15 is 0 Å². The van der Waals surface area contributed by atoms with Crippen molar-refractivity contribution in [2.75, 3.05) is 24.2 Å². The molecule has 0 radical (unpaired) electrons. The van der Waals surface area contributed by atoms with Gasteiger partial charge in [-0.25, -0.2) is 23.2 Å². The van der Waals surface area contributed by atoms with Gasteiger partial charge in [0.05, 0.1) is 18.1 Å². The van der Waals surface area contributed by atoms with Crippen LogP contribution in [0.25, 0.3) is 11.1 Å². The van der Waals surface area contributed by atoms with Crippen molar-refractivity contribution in [3.8, 4) is 22.6 Å². The number of hydrogen-bond acceptors (Lipinski definition) is 11. The number of aliphatic hydroxyl groups is 1. The van der Waals surface area contributed by atoms with Gasteiger partial charge in [-0.15, -0.1) is 0 Å². The minimum absolute atomic E-state index is 0.00471. The first-order chi connectivity index (χ1) is 23.7. The van der Waals surface area contributed by atoms with Crippen molar-refractivity contribution in [1.29, 1.82) is 0 Å². The van der Waals surface area contributed by atoms with E-state index in [9.17, 15) is 42.1 Å². The van der Waals surface area contributed by atoms with E-state index in [2.05, 4.69) is 26.0 Å². The highest BCUT2D eigenvalue weighted by atomic mass is 79.9. The highest BCUT2D eigenvalue weighted by molar-refractivity contribution is 9.09. The zero-order valence-corrected chi connectivity index (χ0v) is 27.9. The van der Waals surface area contributed by atoms with Crippen LogP contribution in [-0.2, 0) is 25.0 Å². The molecule has 4 atom stereocenters. The maximum atomic E-state index is 15.0. The Morgan fingerprint density at radius 2 is 1.86 bits per heavy atom. The van der Waals surface area contributed by atoms with Gasteiger partial charge in [0.25, 0.3) is 0 Å². The second kappa shape index (κ2) is 15.3. The van der Waals surface area contributed by atoms with Crippen molar-refractivity contribution < 1.29 is 50.7 Å². The van der Waals surface area contributed by atoms with E-state index < -0.39 is 73.3 Å². The maximum Gasteiger partial charge on any atom is 0.405 e. The summed E-state index contributed by atoms with van der Waals surface area (Å²) >= 11 is 3.15. The molecule has 1 fully saturated rings. The molecule has 1 saturated heterocycles. The van der Waals surface area contributed by atoms with E-state index in [0.29, 0.717) is 10.1 Å². The molecule has 1 aliphatic heterocycles. The summed E-state index contributed by atoms with van der Waals surface area (Å²) in [5, 5.41) is 24.8. The molecule has 1 aromatic heterocycles. The van der Waals surface area contributed by atoms with Gasteiger partial charge in [-0.1, -0.05) is 28.1 Å². The van der Waals surface area contributed by atoms with Crippen LogP contribution in [-0.4, -0.2) is 56.2 Å². The Kier molecular flexibility index (Phi) is 11.4. The summed E-state index contributed by atoms with van der Waals surface area (Å²) in [6, 6.07) is 13.4. The van der Waals surface area contributed by atoms with Gasteiger partial charge >= 0.3 is 25.0 Å². The summed E-state index contributed by atoms with van der Waals surface area (Å²) in [6.07, 6.45) is -5.64. The lowest BCUT2D eigenvalue weighted by atomic mass is 10.0. The van der Waals surface area contributed by atoms with Crippen LogP contribution in [0.4, 0.5) is 29.1 Å². The number of nitro benzene ring substituents is 1. The number of nitrogen functional groups attached to an aromatic ring is 1. The minimum atomic E-state index is -4.35. The fraction of sp³-hybridized carbons (Fsp3) is 0.267. The van der Waals surface area contributed by atoms with Crippen molar-refractivity contribution in [2.45, 2.75) is 31.0 Å². The topological polar surface area (TPSA) is 190 Å². The van der Waals surface area contributed by atoms with E-state index in [1.54, 1.807) is 0 Å². The second-order valence-electron chi connectivity index (χ2n) is 10.7. The van der Waals surface area contributed by atoms with Gasteiger partial charge < -0.3 is 20.3 Å². The Morgan fingerprint density at radius 1 is 1.12 bits per heavy atom. The number of aromatic nitrogens is 2. The number of nitrogens with zero attached hydrogens (tertiary/aromatic N) is 3. The molecule has 3 aromatic carbocycles. The van der Waals surface area contributed by atoms with E-state index in [0.717, 1.165) is 24.4 Å². The zero-order chi connectivity index (χ0) is 36.2. The van der Waals surface area contributed by atoms with Crippen molar-refractivity contribution >= 4 is 35.2 Å². The van der Waals surface area contributed by atoms with Crippen LogP contribution >= 0.6 is 23.7 Å². The standard InChI is InChI=1S/C30H27BrF4N5O9P/c31-10-11-37-50(45,47-16-25-27(41)30(34,35)28(49-25)39-12-9-26(36)38-29(39)42)46-15-17-1-8-23(40(43)44)24(13-17)48-20-6-7-21(22(33)14-20)18-2-4-19(32)5-3-18/h1-9,12-14,25,27-28,41H,10-11,15-16H2,(H,37,45)(H2,36,38,42). The fourth-order valence-electron chi connectivity index (χ4n) is 4.78. The van der Waals surface area contributed by atoms with Gasteiger partial charge in [0.15, 0.2) is 6.10 Å². The number of nitrogens with two attached hydrogens (primary N) is 1. The Hall–Kier alpha value is -4.23. The Morgan fingerprint density at radius 3 is 2.52 bits per heavy atom. The molecule has 2 heterocycles. The molecule has 0 spiro atoms. The highest BCUT2D eigenvalue weighted by Crippen LogP contribution is 2.48. The lowest BCUT2D eigenvalue weighted by molar-refractivity contribution is -0.385. The minimum Gasteiger partial charge on any atom is -0.450 e. The van der Waals surface area contributed by atoms with Gasteiger partial charge in [0.2, 0.25) is 12.0 Å². The van der Waals surface area contributed by atoms with Crippen molar-refractivity contribution in [2.24, 2.45) is 0 Å². The van der Waals surface area contributed by atoms with Crippen molar-refractivity contribution in [3.05, 3.63) is 111 Å². The number of nitro groups is 1. The largest absolute Gasteiger partial charge is 0.450 e. The molecule has 0 amide bonds. The van der Waals surface area contributed by atoms with Crippen LogP contribution in [0.5, 0.6) is 11.5 Å². The molecule has 20 heteroatoms. The smallest absolute Gasteiger partial charge is 0.405 e. The summed E-state index contributed by atoms with van der Waals surface area (Å²) in [5.41, 5.74) is 4.46. The first-order valence-electron chi connectivity index (χ1n) is 14.5. The Labute approximate surface area is 288 Å². The van der Waals surface area contributed by atoms with Crippen LogP contribution in [0.2, 0.25) is 0 Å². The lowest BCUT2D eigenvalue weighted by Crippen LogP contribution is -2.42. The third kappa shape index (κ3) is 8.38. The predicted molar refractivity (Wildman–Crippen MR) is 173 cm³/mol. The summed E-state index contributed by atoms with van der Waals surface area (Å²) < 4.78 is 93.9. The molecular formula is C30H27BrF4N5O9P. The molecular weight excluding hydrogens is 761 g/mol. The average Bonchev–Trinajstić information content (AvgIpc) is 3.29. The number of alkyl halides is 3. The molecule has 5 rings (SSSR count). The number of hydrogen-bond donors (Lipinski definition) is 3. The average molecular weight is 788 g/mol. The van der Waals surface area contributed by atoms with Gasteiger partial charge in [-0.3, -0.25) is 23.7 Å². The highest BCUT2D eigenvalue weighted by Gasteiger charge is 2.60. The molecule has 4 N–H and O–H groups in total. The summed E-state index contributed by atoms with van der Waals surface area (Å²) in [5.74, 6) is -5.89. The molecule has 0 saturated carbocycles. The SMILES string of the molecule is Nc1ccn(C2OC(COP(=O)(NCCBr)OCc3ccc([N+](=O)[O-])c(Oc4ccc(-c5ccc(F)cc5)c(F)c4)c3)C(O)C2(F)F)c(=O)n1. The predicted octanol–water partition coefficient (Wildman–Crippen LogP) is 5.69.